The van der Waals surface area contributed by atoms with E-state index in [0.717, 1.165) is 6.07 Å². The number of hydrogen-bond donors (Lipinski definition) is 1. The van der Waals surface area contributed by atoms with Gasteiger partial charge in [0.05, 0.1) is 13.0 Å². The van der Waals surface area contributed by atoms with E-state index in [4.69, 9.17) is 5.73 Å². The Morgan fingerprint density at radius 1 is 1.71 bits per heavy atom. The molecule has 0 aromatic carbocycles. The van der Waals surface area contributed by atoms with Gasteiger partial charge in [0, 0.05) is 17.8 Å². The summed E-state index contributed by atoms with van der Waals surface area (Å²) in [7, 11) is 0. The van der Waals surface area contributed by atoms with E-state index in [1.807, 2.05) is 0 Å². The van der Waals surface area contributed by atoms with Crippen LogP contribution in [0.2, 0.25) is 0 Å². The third-order valence-electron chi connectivity index (χ3n) is 1.59. The van der Waals surface area contributed by atoms with E-state index < -0.39 is 11.8 Å². The lowest BCUT2D eigenvalue weighted by atomic mass is 10.2. The maximum Gasteiger partial charge on any atom is 0.310 e. The van der Waals surface area contributed by atoms with Gasteiger partial charge >= 0.3 is 5.97 Å². The molecule has 0 radical (unpaired) electrons. The number of nitrogens with two attached hydrogens (primary N) is 1. The van der Waals surface area contributed by atoms with Crippen molar-refractivity contribution in [2.75, 3.05) is 12.3 Å². The number of nitrogens with zero attached hydrogens (tertiary/aromatic N) is 1. The van der Waals surface area contributed by atoms with Gasteiger partial charge in [-0.05, 0) is 6.92 Å². The van der Waals surface area contributed by atoms with Crippen molar-refractivity contribution >= 4 is 11.8 Å². The molecule has 0 amide bonds. The predicted octanol–water partition coefficient (Wildman–Crippen LogP) is 0.909. The summed E-state index contributed by atoms with van der Waals surface area (Å²) in [6.45, 7) is 1.97. The topological polar surface area (TPSA) is 65.2 Å². The number of ether oxygens (including phenoxy) is 1. The summed E-state index contributed by atoms with van der Waals surface area (Å²) in [5, 5.41) is 0. The molecule has 5 heteroatoms. The summed E-state index contributed by atoms with van der Waals surface area (Å²) >= 11 is 0. The van der Waals surface area contributed by atoms with Crippen molar-refractivity contribution in [3.63, 3.8) is 0 Å². The van der Waals surface area contributed by atoms with E-state index >= 15 is 0 Å². The Labute approximate surface area is 80.9 Å². The van der Waals surface area contributed by atoms with Crippen LogP contribution in [0.5, 0.6) is 0 Å². The van der Waals surface area contributed by atoms with E-state index in [0.29, 0.717) is 0 Å². The molecule has 2 N–H and O–H groups in total. The summed E-state index contributed by atoms with van der Waals surface area (Å²) in [5.74, 6) is -0.918. The largest absolute Gasteiger partial charge is 0.466 e. The summed E-state index contributed by atoms with van der Waals surface area (Å²) in [6.07, 6.45) is 1.12. The zero-order valence-electron chi connectivity index (χ0n) is 7.79. The second kappa shape index (κ2) is 4.55. The Balaban J connectivity index is 2.72. The lowest BCUT2D eigenvalue weighted by Crippen LogP contribution is -2.09. The number of esters is 1. The van der Waals surface area contributed by atoms with Gasteiger partial charge in [0.2, 0.25) is 0 Å². The van der Waals surface area contributed by atoms with Crippen LogP contribution in [0.25, 0.3) is 0 Å². The average Bonchev–Trinajstić information content (AvgIpc) is 2.10. The van der Waals surface area contributed by atoms with Crippen LogP contribution in [-0.4, -0.2) is 17.6 Å². The van der Waals surface area contributed by atoms with Crippen LogP contribution in [0, 0.1) is 5.82 Å². The third kappa shape index (κ3) is 2.69. The number of carbonyl (C=O) groups excluding carboxylic acids is 1. The maximum absolute atomic E-state index is 13.1. The fraction of sp³-hybridized carbons (Fsp3) is 0.333. The highest BCUT2D eigenvalue weighted by Crippen LogP contribution is 2.09. The van der Waals surface area contributed by atoms with Crippen LogP contribution in [0.15, 0.2) is 12.3 Å². The quantitative estimate of drug-likeness (QED) is 0.733. The number of nitrogen functional groups attached to an aromatic ring is 1. The summed E-state index contributed by atoms with van der Waals surface area (Å²) in [4.78, 5) is 14.7. The molecular formula is C9H11FN2O2. The molecule has 0 saturated heterocycles. The van der Waals surface area contributed by atoms with Gasteiger partial charge in [-0.25, -0.2) is 9.37 Å². The van der Waals surface area contributed by atoms with Crippen LogP contribution < -0.4 is 5.73 Å². The van der Waals surface area contributed by atoms with Gasteiger partial charge in [0.1, 0.15) is 11.6 Å². The minimum atomic E-state index is -0.537. The van der Waals surface area contributed by atoms with Crippen LogP contribution in [-0.2, 0) is 16.0 Å². The van der Waals surface area contributed by atoms with Gasteiger partial charge < -0.3 is 10.5 Å². The van der Waals surface area contributed by atoms with Crippen molar-refractivity contribution in [3.8, 4) is 0 Å². The van der Waals surface area contributed by atoms with Gasteiger partial charge in [-0.15, -0.1) is 0 Å². The van der Waals surface area contributed by atoms with Crippen molar-refractivity contribution in [2.45, 2.75) is 13.3 Å². The molecule has 1 rings (SSSR count). The first-order valence-electron chi connectivity index (χ1n) is 4.19. The Kier molecular flexibility index (Phi) is 3.39. The van der Waals surface area contributed by atoms with Crippen molar-refractivity contribution in [3.05, 3.63) is 23.6 Å². The van der Waals surface area contributed by atoms with Gasteiger partial charge in [0.15, 0.2) is 0 Å². The molecule has 76 valence electrons. The molecule has 0 atom stereocenters. The SMILES string of the molecule is CCOC(=O)Cc1cnc(N)cc1F. The number of hydrogen-bond acceptors (Lipinski definition) is 4. The smallest absolute Gasteiger partial charge is 0.310 e. The summed E-state index contributed by atoms with van der Waals surface area (Å²) in [5.41, 5.74) is 5.44. The second-order valence-electron chi connectivity index (χ2n) is 2.68. The summed E-state index contributed by atoms with van der Waals surface area (Å²) in [6, 6.07) is 1.08. The molecule has 0 bridgehead atoms. The molecule has 1 heterocycles. The molecule has 14 heavy (non-hydrogen) atoms. The molecule has 0 aliphatic carbocycles. The van der Waals surface area contributed by atoms with Crippen molar-refractivity contribution < 1.29 is 13.9 Å². The minimum absolute atomic E-state index is 0.0927. The fourth-order valence-electron chi connectivity index (χ4n) is 0.972. The van der Waals surface area contributed by atoms with Gasteiger partial charge in [-0.1, -0.05) is 0 Å². The van der Waals surface area contributed by atoms with Crippen molar-refractivity contribution in [1.29, 1.82) is 0 Å². The lowest BCUT2D eigenvalue weighted by Gasteiger charge is -2.03. The van der Waals surface area contributed by atoms with Gasteiger partial charge in [-0.2, -0.15) is 0 Å². The first kappa shape index (κ1) is 10.4. The van der Waals surface area contributed by atoms with Crippen LogP contribution >= 0.6 is 0 Å². The zero-order chi connectivity index (χ0) is 10.6. The molecule has 0 saturated carbocycles. The number of aromatic nitrogens is 1. The standard InChI is InChI=1S/C9H11FN2O2/c1-2-14-9(13)3-6-5-12-8(11)4-7(6)10/h4-5H,2-3H2,1H3,(H2,11,12). The van der Waals surface area contributed by atoms with Gasteiger partial charge in [-0.3, -0.25) is 4.79 Å². The zero-order valence-corrected chi connectivity index (χ0v) is 7.79. The van der Waals surface area contributed by atoms with Crippen LogP contribution in [0.4, 0.5) is 10.2 Å². The van der Waals surface area contributed by atoms with Crippen LogP contribution in [0.1, 0.15) is 12.5 Å². The first-order chi connectivity index (χ1) is 6.63. The Morgan fingerprint density at radius 3 is 3.00 bits per heavy atom. The number of carbonyl (C=O) groups is 1. The third-order valence-corrected chi connectivity index (χ3v) is 1.59. The first-order valence-corrected chi connectivity index (χ1v) is 4.19. The van der Waals surface area contributed by atoms with E-state index in [1.54, 1.807) is 6.92 Å². The van der Waals surface area contributed by atoms with Crippen LogP contribution in [0.3, 0.4) is 0 Å². The molecule has 0 fully saturated rings. The molecule has 1 aromatic heterocycles. The average molecular weight is 198 g/mol. The van der Waals surface area contributed by atoms with E-state index in [2.05, 4.69) is 9.72 Å². The predicted molar refractivity (Wildman–Crippen MR) is 48.9 cm³/mol. The normalized spacial score (nSPS) is 9.86. The highest BCUT2D eigenvalue weighted by Gasteiger charge is 2.09. The Morgan fingerprint density at radius 2 is 2.43 bits per heavy atom. The number of halogens is 1. The van der Waals surface area contributed by atoms with Crippen molar-refractivity contribution in [1.82, 2.24) is 4.98 Å². The Bertz CT molecular complexity index is 342. The van der Waals surface area contributed by atoms with E-state index in [1.165, 1.54) is 6.20 Å². The molecule has 0 unspecified atom stereocenters. The fourth-order valence-corrected chi connectivity index (χ4v) is 0.972. The number of anilines is 1. The lowest BCUT2D eigenvalue weighted by molar-refractivity contribution is -0.142. The number of pyridine rings is 1. The van der Waals surface area contributed by atoms with Gasteiger partial charge in [0.25, 0.3) is 0 Å². The maximum atomic E-state index is 13.1. The van der Waals surface area contributed by atoms with E-state index in [9.17, 15) is 9.18 Å². The highest BCUT2D eigenvalue weighted by atomic mass is 19.1. The molecule has 1 aromatic rings. The minimum Gasteiger partial charge on any atom is -0.466 e. The molecule has 0 aliphatic rings. The number of rotatable bonds is 3. The molecule has 0 aliphatic heterocycles. The summed E-state index contributed by atoms with van der Waals surface area (Å²) < 4.78 is 17.8. The molecule has 4 nitrogen and oxygen atoms in total. The highest BCUT2D eigenvalue weighted by molar-refractivity contribution is 5.72. The molecular weight excluding hydrogens is 187 g/mol. The van der Waals surface area contributed by atoms with E-state index in [-0.39, 0.29) is 24.4 Å². The Hall–Kier alpha value is -1.65. The monoisotopic (exact) mass is 198 g/mol. The second-order valence-corrected chi connectivity index (χ2v) is 2.68. The van der Waals surface area contributed by atoms with Crippen molar-refractivity contribution in [2.24, 2.45) is 0 Å². The molecule has 0 spiro atoms.